The molecule has 4 nitrogen and oxygen atoms in total. The van der Waals surface area contributed by atoms with Gasteiger partial charge < -0.3 is 9.88 Å². The number of aromatic nitrogens is 3. The van der Waals surface area contributed by atoms with Gasteiger partial charge in [0.1, 0.15) is 6.33 Å². The summed E-state index contributed by atoms with van der Waals surface area (Å²) in [6.07, 6.45) is 1.71. The first-order valence-electron chi connectivity index (χ1n) is 7.00. The summed E-state index contributed by atoms with van der Waals surface area (Å²) in [7, 11) is 1.95. The molecule has 0 aliphatic heterocycles. The molecule has 0 bridgehead atoms. The molecule has 0 aliphatic rings. The second kappa shape index (κ2) is 5.79. The lowest BCUT2D eigenvalue weighted by Crippen LogP contribution is -2.06. The predicted octanol–water partition coefficient (Wildman–Crippen LogP) is 3.66. The summed E-state index contributed by atoms with van der Waals surface area (Å²) in [6, 6.07) is 18.9. The average Bonchev–Trinajstić information content (AvgIpc) is 2.94. The van der Waals surface area contributed by atoms with E-state index < -0.39 is 0 Å². The molecule has 2 aromatic carbocycles. The van der Waals surface area contributed by atoms with Gasteiger partial charge in [-0.3, -0.25) is 0 Å². The van der Waals surface area contributed by atoms with Gasteiger partial charge in [0.2, 0.25) is 0 Å². The van der Waals surface area contributed by atoms with E-state index in [1.165, 1.54) is 5.56 Å². The fraction of sp³-hybridized carbons (Fsp3) is 0.176. The number of nitrogens with zero attached hydrogens (tertiary/aromatic N) is 3. The molecule has 1 heterocycles. The maximum Gasteiger partial charge on any atom is 0.163 e. The van der Waals surface area contributed by atoms with E-state index in [2.05, 4.69) is 58.8 Å². The minimum atomic E-state index is 0.251. The predicted molar refractivity (Wildman–Crippen MR) is 84.9 cm³/mol. The Morgan fingerprint density at radius 3 is 2.57 bits per heavy atom. The highest BCUT2D eigenvalue weighted by Gasteiger charge is 2.08. The summed E-state index contributed by atoms with van der Waals surface area (Å²) in [4.78, 5) is 0. The van der Waals surface area contributed by atoms with Crippen molar-refractivity contribution in [3.8, 4) is 11.4 Å². The topological polar surface area (TPSA) is 42.7 Å². The molecular formula is C17H18N4. The highest BCUT2D eigenvalue weighted by molar-refractivity contribution is 5.62. The van der Waals surface area contributed by atoms with Crippen molar-refractivity contribution >= 4 is 5.69 Å². The normalized spacial score (nSPS) is 12.1. The molecule has 1 unspecified atom stereocenters. The van der Waals surface area contributed by atoms with Crippen molar-refractivity contribution in [2.75, 3.05) is 5.32 Å². The number of nitrogens with one attached hydrogen (secondary N) is 1. The summed E-state index contributed by atoms with van der Waals surface area (Å²) in [5.41, 5.74) is 3.40. The van der Waals surface area contributed by atoms with Gasteiger partial charge in [-0.1, -0.05) is 42.5 Å². The lowest BCUT2D eigenvalue weighted by atomic mass is 10.1. The van der Waals surface area contributed by atoms with Gasteiger partial charge in [-0.2, -0.15) is 0 Å². The summed E-state index contributed by atoms with van der Waals surface area (Å²) in [5.74, 6) is 0.867. The smallest absolute Gasteiger partial charge is 0.163 e. The van der Waals surface area contributed by atoms with Crippen LogP contribution in [0, 0.1) is 0 Å². The Bertz CT molecular complexity index is 718. The molecular weight excluding hydrogens is 260 g/mol. The Morgan fingerprint density at radius 2 is 1.86 bits per heavy atom. The van der Waals surface area contributed by atoms with Crippen LogP contribution in [0.2, 0.25) is 0 Å². The molecule has 0 aliphatic carbocycles. The van der Waals surface area contributed by atoms with E-state index in [0.29, 0.717) is 0 Å². The van der Waals surface area contributed by atoms with Crippen LogP contribution in [0.5, 0.6) is 0 Å². The van der Waals surface area contributed by atoms with Crippen molar-refractivity contribution in [2.45, 2.75) is 13.0 Å². The third-order valence-electron chi connectivity index (χ3n) is 3.51. The summed E-state index contributed by atoms with van der Waals surface area (Å²) in [5, 5.41) is 11.6. The Morgan fingerprint density at radius 1 is 1.05 bits per heavy atom. The van der Waals surface area contributed by atoms with Crippen LogP contribution in [-0.4, -0.2) is 14.8 Å². The molecule has 3 rings (SSSR count). The quantitative estimate of drug-likeness (QED) is 0.792. The number of hydrogen-bond acceptors (Lipinski definition) is 3. The first-order chi connectivity index (χ1) is 10.2. The van der Waals surface area contributed by atoms with Gasteiger partial charge in [0.15, 0.2) is 5.82 Å². The van der Waals surface area contributed by atoms with Gasteiger partial charge >= 0.3 is 0 Å². The van der Waals surface area contributed by atoms with E-state index in [1.54, 1.807) is 6.33 Å². The summed E-state index contributed by atoms with van der Waals surface area (Å²) in [6.45, 7) is 2.16. The fourth-order valence-electron chi connectivity index (χ4n) is 2.37. The maximum absolute atomic E-state index is 4.15. The Labute approximate surface area is 124 Å². The second-order valence-electron chi connectivity index (χ2n) is 5.12. The molecule has 0 saturated carbocycles. The van der Waals surface area contributed by atoms with Crippen LogP contribution in [0.15, 0.2) is 60.9 Å². The van der Waals surface area contributed by atoms with Crippen molar-refractivity contribution in [3.63, 3.8) is 0 Å². The molecule has 0 fully saturated rings. The van der Waals surface area contributed by atoms with Crippen LogP contribution in [0.3, 0.4) is 0 Å². The highest BCUT2D eigenvalue weighted by Crippen LogP contribution is 2.23. The third-order valence-corrected chi connectivity index (χ3v) is 3.51. The van der Waals surface area contributed by atoms with Crippen molar-refractivity contribution in [1.29, 1.82) is 0 Å². The lowest BCUT2D eigenvalue weighted by Gasteiger charge is -2.16. The number of hydrogen-bond donors (Lipinski definition) is 1. The molecule has 1 N–H and O–H groups in total. The van der Waals surface area contributed by atoms with Crippen LogP contribution in [0.25, 0.3) is 11.4 Å². The van der Waals surface area contributed by atoms with Crippen LogP contribution in [-0.2, 0) is 7.05 Å². The number of anilines is 1. The SMILES string of the molecule is CC(Nc1cccc(-c2nncn2C)c1)c1ccccc1. The highest BCUT2D eigenvalue weighted by atomic mass is 15.2. The molecule has 21 heavy (non-hydrogen) atoms. The lowest BCUT2D eigenvalue weighted by molar-refractivity contribution is 0.884. The van der Waals surface area contributed by atoms with E-state index >= 15 is 0 Å². The summed E-state index contributed by atoms with van der Waals surface area (Å²) < 4.78 is 1.92. The molecule has 0 amide bonds. The Hall–Kier alpha value is -2.62. The van der Waals surface area contributed by atoms with Gasteiger partial charge in [-0.15, -0.1) is 10.2 Å². The molecule has 1 atom stereocenters. The molecule has 3 aromatic rings. The monoisotopic (exact) mass is 278 g/mol. The number of rotatable bonds is 4. The van der Waals surface area contributed by atoms with Crippen LogP contribution < -0.4 is 5.32 Å². The van der Waals surface area contributed by atoms with Crippen LogP contribution in [0.1, 0.15) is 18.5 Å². The zero-order valence-corrected chi connectivity index (χ0v) is 12.2. The minimum absolute atomic E-state index is 0.251. The van der Waals surface area contributed by atoms with Gasteiger partial charge in [0.05, 0.1) is 0 Å². The fourth-order valence-corrected chi connectivity index (χ4v) is 2.37. The van der Waals surface area contributed by atoms with Crippen LogP contribution in [0.4, 0.5) is 5.69 Å². The first kappa shape index (κ1) is 13.4. The molecule has 1 aromatic heterocycles. The molecule has 0 radical (unpaired) electrons. The van der Waals surface area contributed by atoms with Gasteiger partial charge in [-0.25, -0.2) is 0 Å². The van der Waals surface area contributed by atoms with Crippen LogP contribution >= 0.6 is 0 Å². The van der Waals surface area contributed by atoms with Gasteiger partial charge in [-0.05, 0) is 24.6 Å². The zero-order valence-electron chi connectivity index (χ0n) is 12.2. The zero-order chi connectivity index (χ0) is 14.7. The third kappa shape index (κ3) is 2.94. The van der Waals surface area contributed by atoms with E-state index in [0.717, 1.165) is 17.1 Å². The second-order valence-corrected chi connectivity index (χ2v) is 5.12. The van der Waals surface area contributed by atoms with Crippen molar-refractivity contribution in [3.05, 3.63) is 66.5 Å². The van der Waals surface area contributed by atoms with Crippen molar-refractivity contribution < 1.29 is 0 Å². The molecule has 0 spiro atoms. The molecule has 0 saturated heterocycles. The number of benzene rings is 2. The van der Waals surface area contributed by atoms with Gasteiger partial charge in [0.25, 0.3) is 0 Å². The average molecular weight is 278 g/mol. The molecule has 106 valence electrons. The summed E-state index contributed by atoms with van der Waals surface area (Å²) >= 11 is 0. The molecule has 4 heteroatoms. The van der Waals surface area contributed by atoms with Crippen molar-refractivity contribution in [2.24, 2.45) is 7.05 Å². The number of aryl methyl sites for hydroxylation is 1. The van der Waals surface area contributed by atoms with E-state index in [4.69, 9.17) is 0 Å². The van der Waals surface area contributed by atoms with Gasteiger partial charge in [0, 0.05) is 24.3 Å². The standard InChI is InChI=1S/C17H18N4/c1-13(14-7-4-3-5-8-14)19-16-10-6-9-15(11-16)17-20-18-12-21(17)2/h3-13,19H,1-2H3. The van der Waals surface area contributed by atoms with Crippen molar-refractivity contribution in [1.82, 2.24) is 14.8 Å². The Balaban J connectivity index is 1.82. The maximum atomic E-state index is 4.15. The van der Waals surface area contributed by atoms with E-state index in [1.807, 2.05) is 29.8 Å². The Kier molecular flexibility index (Phi) is 3.69. The first-order valence-corrected chi connectivity index (χ1v) is 7.00. The largest absolute Gasteiger partial charge is 0.379 e. The van der Waals surface area contributed by atoms with E-state index in [-0.39, 0.29) is 6.04 Å². The minimum Gasteiger partial charge on any atom is -0.379 e. The van der Waals surface area contributed by atoms with E-state index in [9.17, 15) is 0 Å².